The van der Waals surface area contributed by atoms with Gasteiger partial charge in [-0.3, -0.25) is 4.79 Å². The summed E-state index contributed by atoms with van der Waals surface area (Å²) in [6, 6.07) is 0. The number of methoxy groups -OCH3 is 1. The van der Waals surface area contributed by atoms with Crippen molar-refractivity contribution < 1.29 is 4.74 Å². The van der Waals surface area contributed by atoms with Gasteiger partial charge in [0, 0.05) is 26.2 Å². The number of aromatic amines is 1. The van der Waals surface area contributed by atoms with Gasteiger partial charge in [-0.05, 0) is 0 Å². The Morgan fingerprint density at radius 3 is 2.56 bits per heavy atom. The molecule has 0 aliphatic heterocycles. The van der Waals surface area contributed by atoms with Gasteiger partial charge in [-0.15, -0.1) is 0 Å². The van der Waals surface area contributed by atoms with Crippen LogP contribution in [0.3, 0.4) is 0 Å². The molecular weight excluding hydrogens is 210 g/mol. The highest BCUT2D eigenvalue weighted by molar-refractivity contribution is 5.50. The second-order valence-corrected chi connectivity index (χ2v) is 3.15. The summed E-state index contributed by atoms with van der Waals surface area (Å²) < 4.78 is 5.02. The number of nitrogens with one attached hydrogen (secondary N) is 1. The quantitative estimate of drug-likeness (QED) is 0.545. The zero-order chi connectivity index (χ0) is 12.0. The Kier molecular flexibility index (Phi) is 4.74. The van der Waals surface area contributed by atoms with Crippen LogP contribution in [0.2, 0.25) is 0 Å². The number of nitrogens with zero attached hydrogens (tertiary/aromatic N) is 2. The van der Waals surface area contributed by atoms with Crippen molar-refractivity contribution in [2.75, 3.05) is 38.2 Å². The normalized spacial score (nSPS) is 10.2. The number of ether oxygens (including phenoxy) is 1. The van der Waals surface area contributed by atoms with Crippen molar-refractivity contribution in [1.82, 2.24) is 9.97 Å². The molecule has 0 aliphatic carbocycles. The second-order valence-electron chi connectivity index (χ2n) is 3.15. The van der Waals surface area contributed by atoms with E-state index in [-0.39, 0.29) is 11.3 Å². The lowest BCUT2D eigenvalue weighted by Gasteiger charge is -2.23. The fraction of sp³-hybridized carbons (Fsp3) is 0.556. The van der Waals surface area contributed by atoms with Crippen molar-refractivity contribution in [3.63, 3.8) is 0 Å². The summed E-state index contributed by atoms with van der Waals surface area (Å²) in [5.41, 5.74) is 10.7. The molecule has 0 aromatic carbocycles. The first kappa shape index (κ1) is 12.5. The van der Waals surface area contributed by atoms with Crippen molar-refractivity contribution in [1.29, 1.82) is 0 Å². The minimum absolute atomic E-state index is 0.185. The topological polar surface area (TPSA) is 110 Å². The third-order valence-electron chi connectivity index (χ3n) is 2.09. The molecule has 0 atom stereocenters. The van der Waals surface area contributed by atoms with E-state index in [1.54, 1.807) is 0 Å². The van der Waals surface area contributed by atoms with E-state index in [1.807, 2.05) is 4.90 Å². The van der Waals surface area contributed by atoms with E-state index in [4.69, 9.17) is 16.2 Å². The van der Waals surface area contributed by atoms with E-state index in [1.165, 1.54) is 13.4 Å². The summed E-state index contributed by atoms with van der Waals surface area (Å²) in [6.07, 6.45) is 1.33. The van der Waals surface area contributed by atoms with Crippen molar-refractivity contribution in [2.24, 2.45) is 11.5 Å². The molecule has 7 heteroatoms. The molecule has 1 aromatic heterocycles. The summed E-state index contributed by atoms with van der Waals surface area (Å²) in [7, 11) is 1.43. The minimum Gasteiger partial charge on any atom is -0.489 e. The number of hydrogen-bond donors (Lipinski definition) is 3. The Morgan fingerprint density at radius 2 is 2.06 bits per heavy atom. The van der Waals surface area contributed by atoms with Crippen LogP contribution in [-0.2, 0) is 0 Å². The number of rotatable bonds is 6. The standard InChI is InChI=1S/C9H17N5O2/c1-16-7-8(12-6-13-9(7)15)14(4-2-10)5-3-11/h6H,2-5,10-11H2,1H3,(H,12,13,15). The smallest absolute Gasteiger partial charge is 0.295 e. The van der Waals surface area contributed by atoms with Crippen LogP contribution in [0.25, 0.3) is 0 Å². The Morgan fingerprint density at radius 1 is 1.44 bits per heavy atom. The van der Waals surface area contributed by atoms with Gasteiger partial charge in [-0.2, -0.15) is 0 Å². The fourth-order valence-corrected chi connectivity index (χ4v) is 1.42. The van der Waals surface area contributed by atoms with E-state index in [2.05, 4.69) is 9.97 Å². The summed E-state index contributed by atoms with van der Waals surface area (Å²) in [6.45, 7) is 2.06. The molecule has 0 radical (unpaired) electrons. The molecule has 0 unspecified atom stereocenters. The number of hydrogen-bond acceptors (Lipinski definition) is 6. The molecule has 0 fully saturated rings. The van der Waals surface area contributed by atoms with Crippen LogP contribution in [0, 0.1) is 0 Å². The largest absolute Gasteiger partial charge is 0.489 e. The number of H-pyrrole nitrogens is 1. The molecule has 0 spiro atoms. The van der Waals surface area contributed by atoms with Gasteiger partial charge >= 0.3 is 0 Å². The Bertz CT molecular complexity index is 372. The lowest BCUT2D eigenvalue weighted by atomic mass is 10.4. The fourth-order valence-electron chi connectivity index (χ4n) is 1.42. The van der Waals surface area contributed by atoms with Crippen LogP contribution in [0.4, 0.5) is 5.82 Å². The Balaban J connectivity index is 3.07. The summed E-state index contributed by atoms with van der Waals surface area (Å²) in [5.74, 6) is 0.659. The van der Waals surface area contributed by atoms with Crippen LogP contribution in [-0.4, -0.2) is 43.3 Å². The molecule has 1 aromatic rings. The van der Waals surface area contributed by atoms with Gasteiger partial charge in [0.1, 0.15) is 0 Å². The highest BCUT2D eigenvalue weighted by Crippen LogP contribution is 2.19. The van der Waals surface area contributed by atoms with E-state index in [0.717, 1.165) is 0 Å². The highest BCUT2D eigenvalue weighted by Gasteiger charge is 2.15. The zero-order valence-electron chi connectivity index (χ0n) is 9.27. The molecular formula is C9H17N5O2. The van der Waals surface area contributed by atoms with E-state index < -0.39 is 0 Å². The number of aromatic nitrogens is 2. The average Bonchev–Trinajstić information content (AvgIpc) is 2.28. The molecule has 90 valence electrons. The lowest BCUT2D eigenvalue weighted by Crippen LogP contribution is -2.35. The third-order valence-corrected chi connectivity index (χ3v) is 2.09. The first-order valence-corrected chi connectivity index (χ1v) is 5.01. The van der Waals surface area contributed by atoms with Gasteiger partial charge in [0.2, 0.25) is 5.75 Å². The first-order valence-electron chi connectivity index (χ1n) is 5.01. The van der Waals surface area contributed by atoms with Crippen molar-refractivity contribution in [3.8, 4) is 5.75 Å². The Labute approximate surface area is 93.4 Å². The maximum Gasteiger partial charge on any atom is 0.295 e. The van der Waals surface area contributed by atoms with Crippen molar-refractivity contribution >= 4 is 5.82 Å². The maximum atomic E-state index is 11.5. The molecule has 1 rings (SSSR count). The summed E-state index contributed by atoms with van der Waals surface area (Å²) in [5, 5.41) is 0. The first-order chi connectivity index (χ1) is 7.74. The molecule has 16 heavy (non-hydrogen) atoms. The van der Waals surface area contributed by atoms with Crippen LogP contribution < -0.4 is 26.7 Å². The molecule has 0 amide bonds. The van der Waals surface area contributed by atoms with Crippen molar-refractivity contribution in [2.45, 2.75) is 0 Å². The van der Waals surface area contributed by atoms with E-state index in [0.29, 0.717) is 32.0 Å². The second kappa shape index (κ2) is 6.09. The Hall–Kier alpha value is -1.60. The maximum absolute atomic E-state index is 11.5. The van der Waals surface area contributed by atoms with Gasteiger partial charge in [0.05, 0.1) is 13.4 Å². The predicted octanol–water partition coefficient (Wildman–Crippen LogP) is -1.50. The third kappa shape index (κ3) is 2.71. The van der Waals surface area contributed by atoms with Crippen LogP contribution in [0.5, 0.6) is 5.75 Å². The monoisotopic (exact) mass is 227 g/mol. The molecule has 1 heterocycles. The summed E-state index contributed by atoms with van der Waals surface area (Å²) >= 11 is 0. The zero-order valence-corrected chi connectivity index (χ0v) is 9.27. The number of anilines is 1. The molecule has 7 nitrogen and oxygen atoms in total. The van der Waals surface area contributed by atoms with Gasteiger partial charge in [0.15, 0.2) is 5.82 Å². The van der Waals surface area contributed by atoms with Gasteiger partial charge in [-0.1, -0.05) is 0 Å². The van der Waals surface area contributed by atoms with Gasteiger partial charge in [0.25, 0.3) is 5.56 Å². The minimum atomic E-state index is -0.313. The molecule has 0 aliphatic rings. The highest BCUT2D eigenvalue weighted by atomic mass is 16.5. The van der Waals surface area contributed by atoms with E-state index in [9.17, 15) is 4.79 Å². The van der Waals surface area contributed by atoms with Crippen molar-refractivity contribution in [3.05, 3.63) is 16.7 Å². The average molecular weight is 227 g/mol. The van der Waals surface area contributed by atoms with E-state index >= 15 is 0 Å². The van der Waals surface area contributed by atoms with Gasteiger partial charge < -0.3 is 26.1 Å². The molecule has 5 N–H and O–H groups in total. The van der Waals surface area contributed by atoms with Gasteiger partial charge in [-0.25, -0.2) is 4.98 Å². The lowest BCUT2D eigenvalue weighted by molar-refractivity contribution is 0.405. The molecule has 0 saturated carbocycles. The predicted molar refractivity (Wildman–Crippen MR) is 61.7 cm³/mol. The molecule has 0 bridgehead atoms. The SMILES string of the molecule is COc1c(N(CCN)CCN)nc[nH]c1=O. The summed E-state index contributed by atoms with van der Waals surface area (Å²) in [4.78, 5) is 19.8. The van der Waals surface area contributed by atoms with Crippen LogP contribution >= 0.6 is 0 Å². The van der Waals surface area contributed by atoms with Crippen LogP contribution in [0.15, 0.2) is 11.1 Å². The molecule has 0 saturated heterocycles. The van der Waals surface area contributed by atoms with Crippen LogP contribution in [0.1, 0.15) is 0 Å². The number of nitrogens with two attached hydrogens (primary N) is 2.